The Morgan fingerprint density at radius 3 is 2.53 bits per heavy atom. The normalized spacial score (nSPS) is 12.3. The predicted molar refractivity (Wildman–Crippen MR) is 134 cm³/mol. The quantitative estimate of drug-likeness (QED) is 0.410. The molecule has 0 saturated carbocycles. The minimum absolute atomic E-state index is 0.0102. The van der Waals surface area contributed by atoms with Crippen molar-refractivity contribution >= 4 is 21.7 Å². The number of anilines is 1. The number of hydrogen-bond donors (Lipinski definition) is 2. The summed E-state index contributed by atoms with van der Waals surface area (Å²) in [5.41, 5.74) is 6.18. The van der Waals surface area contributed by atoms with Crippen LogP contribution < -0.4 is 19.9 Å². The highest BCUT2D eigenvalue weighted by Gasteiger charge is 2.24. The molecule has 1 unspecified atom stereocenters. The number of nitrogens with two attached hydrogens (primary N) is 1. The molecule has 0 fully saturated rings. The van der Waals surface area contributed by atoms with Crippen molar-refractivity contribution in [2.45, 2.75) is 45.2 Å². The lowest BCUT2D eigenvalue weighted by atomic mass is 10.1. The van der Waals surface area contributed by atoms with Crippen LogP contribution in [0.4, 0.5) is 10.2 Å². The highest BCUT2D eigenvalue weighted by molar-refractivity contribution is 7.90. The molecule has 0 spiro atoms. The Hall–Kier alpha value is -3.73. The van der Waals surface area contributed by atoms with Crippen LogP contribution in [0.15, 0.2) is 53.6 Å². The van der Waals surface area contributed by atoms with Gasteiger partial charge in [-0.15, -0.1) is 0 Å². The maximum atomic E-state index is 14.3. The molecule has 192 valence electrons. The van der Waals surface area contributed by atoms with Crippen molar-refractivity contribution in [3.8, 4) is 22.9 Å². The van der Waals surface area contributed by atoms with Crippen molar-refractivity contribution in [1.29, 1.82) is 0 Å². The Morgan fingerprint density at radius 1 is 1.11 bits per heavy atom. The number of nitrogens with one attached hydrogen (secondary N) is 1. The SMILES string of the molecule is CCC(C)Oc1nc(-c2cc(F)cc(OCC(C)C)c2)ccc1C(=O)NS(=O)(=O)c1cccc(N)n1. The molecule has 1 aromatic carbocycles. The Bertz CT molecular complexity index is 1350. The molecule has 0 aliphatic rings. The van der Waals surface area contributed by atoms with E-state index in [4.69, 9.17) is 15.2 Å². The van der Waals surface area contributed by atoms with Gasteiger partial charge in [-0.2, -0.15) is 8.42 Å². The zero-order valence-corrected chi connectivity index (χ0v) is 21.3. The van der Waals surface area contributed by atoms with Gasteiger partial charge in [0.2, 0.25) is 5.88 Å². The van der Waals surface area contributed by atoms with E-state index < -0.39 is 26.8 Å². The van der Waals surface area contributed by atoms with Gasteiger partial charge in [0.1, 0.15) is 22.9 Å². The summed E-state index contributed by atoms with van der Waals surface area (Å²) in [5, 5.41) is -0.404. The van der Waals surface area contributed by atoms with Crippen LogP contribution in [0.25, 0.3) is 11.3 Å². The van der Waals surface area contributed by atoms with E-state index in [9.17, 15) is 17.6 Å². The van der Waals surface area contributed by atoms with Gasteiger partial charge in [0.15, 0.2) is 5.03 Å². The number of hydrogen-bond acceptors (Lipinski definition) is 8. The molecule has 0 aliphatic heterocycles. The van der Waals surface area contributed by atoms with Crippen LogP contribution in [0.1, 0.15) is 44.5 Å². The highest BCUT2D eigenvalue weighted by Crippen LogP contribution is 2.29. The molecule has 0 aliphatic carbocycles. The van der Waals surface area contributed by atoms with E-state index >= 15 is 0 Å². The van der Waals surface area contributed by atoms with Gasteiger partial charge in [-0.1, -0.05) is 26.8 Å². The Morgan fingerprint density at radius 2 is 1.86 bits per heavy atom. The first-order chi connectivity index (χ1) is 17.0. The summed E-state index contributed by atoms with van der Waals surface area (Å²) < 4.78 is 53.1. The van der Waals surface area contributed by atoms with E-state index in [2.05, 4.69) is 9.97 Å². The number of halogens is 1. The molecule has 2 heterocycles. The minimum atomic E-state index is -4.31. The van der Waals surface area contributed by atoms with Gasteiger partial charge in [-0.3, -0.25) is 4.79 Å². The number of rotatable bonds is 10. The lowest BCUT2D eigenvalue weighted by Gasteiger charge is -2.16. The third-order valence-electron chi connectivity index (χ3n) is 4.99. The van der Waals surface area contributed by atoms with E-state index in [0.717, 1.165) is 0 Å². The number of pyridine rings is 2. The van der Waals surface area contributed by atoms with E-state index in [0.29, 0.717) is 30.0 Å². The minimum Gasteiger partial charge on any atom is -0.493 e. The molecule has 11 heteroatoms. The molecule has 36 heavy (non-hydrogen) atoms. The molecule has 1 amide bonds. The van der Waals surface area contributed by atoms with Crippen LogP contribution in [0.3, 0.4) is 0 Å². The molecule has 1 atom stereocenters. The fourth-order valence-electron chi connectivity index (χ4n) is 3.00. The standard InChI is InChI=1S/C25H29FN4O5S/c1-5-16(4)35-25-20(24(31)30-36(32,33)23-8-6-7-22(27)29-23)9-10-21(28-25)17-11-18(26)13-19(12-17)34-14-15(2)3/h6-13,15-16H,5,14H2,1-4H3,(H2,27,29)(H,30,31). The summed E-state index contributed by atoms with van der Waals surface area (Å²) in [5.74, 6) is -0.987. The second-order valence-corrected chi connectivity index (χ2v) is 10.2. The lowest BCUT2D eigenvalue weighted by Crippen LogP contribution is -2.32. The van der Waals surface area contributed by atoms with Crippen LogP contribution in [-0.4, -0.2) is 37.0 Å². The van der Waals surface area contributed by atoms with Gasteiger partial charge in [0, 0.05) is 11.6 Å². The van der Waals surface area contributed by atoms with Crippen LogP contribution in [-0.2, 0) is 10.0 Å². The number of ether oxygens (including phenoxy) is 2. The average Bonchev–Trinajstić information content (AvgIpc) is 2.82. The van der Waals surface area contributed by atoms with E-state index in [-0.39, 0.29) is 29.3 Å². The summed E-state index contributed by atoms with van der Waals surface area (Å²) in [6.45, 7) is 8.03. The first-order valence-corrected chi connectivity index (χ1v) is 12.9. The lowest BCUT2D eigenvalue weighted by molar-refractivity contribution is 0.0973. The Labute approximate surface area is 209 Å². The molecule has 0 bridgehead atoms. The first-order valence-electron chi connectivity index (χ1n) is 11.4. The molecule has 0 saturated heterocycles. The zero-order valence-electron chi connectivity index (χ0n) is 20.5. The number of nitrogens with zero attached hydrogens (tertiary/aromatic N) is 2. The van der Waals surface area contributed by atoms with Crippen molar-refractivity contribution in [3.05, 3.63) is 59.9 Å². The predicted octanol–water partition coefficient (Wildman–Crippen LogP) is 4.20. The number of carbonyl (C=O) groups is 1. The number of aromatic nitrogens is 2. The van der Waals surface area contributed by atoms with Crippen LogP contribution >= 0.6 is 0 Å². The third kappa shape index (κ3) is 6.91. The van der Waals surface area contributed by atoms with Gasteiger partial charge >= 0.3 is 0 Å². The molecule has 2 aromatic heterocycles. The first kappa shape index (κ1) is 26.9. The van der Waals surface area contributed by atoms with Crippen molar-refractivity contribution < 1.29 is 27.1 Å². The number of nitrogen functional groups attached to an aromatic ring is 1. The summed E-state index contributed by atoms with van der Waals surface area (Å²) in [7, 11) is -4.31. The zero-order chi connectivity index (χ0) is 26.5. The molecular weight excluding hydrogens is 487 g/mol. The molecule has 3 N–H and O–H groups in total. The van der Waals surface area contributed by atoms with E-state index in [1.54, 1.807) is 13.0 Å². The average molecular weight is 517 g/mol. The second kappa shape index (κ2) is 11.3. The maximum Gasteiger partial charge on any atom is 0.281 e. The summed E-state index contributed by atoms with van der Waals surface area (Å²) >= 11 is 0. The Balaban J connectivity index is 1.97. The van der Waals surface area contributed by atoms with Gasteiger partial charge < -0.3 is 15.2 Å². The molecule has 0 radical (unpaired) electrons. The molecular formula is C25H29FN4O5S. The van der Waals surface area contributed by atoms with E-state index in [1.165, 1.54) is 42.5 Å². The van der Waals surface area contributed by atoms with Crippen LogP contribution in [0.2, 0.25) is 0 Å². The smallest absolute Gasteiger partial charge is 0.281 e. The highest BCUT2D eigenvalue weighted by atomic mass is 32.2. The largest absolute Gasteiger partial charge is 0.493 e. The summed E-state index contributed by atoms with van der Waals surface area (Å²) in [6.07, 6.45) is 0.273. The van der Waals surface area contributed by atoms with Gasteiger partial charge in [0.25, 0.3) is 15.9 Å². The summed E-state index contributed by atoms with van der Waals surface area (Å²) in [4.78, 5) is 21.1. The monoisotopic (exact) mass is 516 g/mol. The van der Waals surface area contributed by atoms with E-state index in [1.807, 2.05) is 25.5 Å². The topological polar surface area (TPSA) is 134 Å². The number of carbonyl (C=O) groups excluding carboxylic acids is 1. The number of amides is 1. The van der Waals surface area contributed by atoms with Crippen LogP contribution in [0, 0.1) is 11.7 Å². The van der Waals surface area contributed by atoms with Crippen LogP contribution in [0.5, 0.6) is 11.6 Å². The van der Waals surface area contributed by atoms with Gasteiger partial charge in [0.05, 0.1) is 18.4 Å². The molecule has 3 aromatic rings. The fourth-order valence-corrected chi connectivity index (χ4v) is 3.95. The van der Waals surface area contributed by atoms with Crippen molar-refractivity contribution in [3.63, 3.8) is 0 Å². The second-order valence-electron chi connectivity index (χ2n) is 8.60. The van der Waals surface area contributed by atoms with Crippen molar-refractivity contribution in [1.82, 2.24) is 14.7 Å². The molecule has 9 nitrogen and oxygen atoms in total. The number of sulfonamides is 1. The van der Waals surface area contributed by atoms with Gasteiger partial charge in [-0.05, 0) is 55.7 Å². The maximum absolute atomic E-state index is 14.3. The Kier molecular flexibility index (Phi) is 8.46. The number of benzene rings is 1. The third-order valence-corrected chi connectivity index (χ3v) is 6.22. The summed E-state index contributed by atoms with van der Waals surface area (Å²) in [6, 6.07) is 11.1. The fraction of sp³-hybridized carbons (Fsp3) is 0.320. The van der Waals surface area contributed by atoms with Crippen molar-refractivity contribution in [2.75, 3.05) is 12.3 Å². The molecule has 3 rings (SSSR count). The van der Waals surface area contributed by atoms with Crippen molar-refractivity contribution in [2.24, 2.45) is 5.92 Å². The van der Waals surface area contributed by atoms with Gasteiger partial charge in [-0.25, -0.2) is 19.1 Å².